The zero-order valence-corrected chi connectivity index (χ0v) is 16.9. The molecule has 148 valence electrons. The largest absolute Gasteiger partial charge is 0.285 e. The van der Waals surface area contributed by atoms with Gasteiger partial charge in [-0.1, -0.05) is 61.4 Å². The van der Waals surface area contributed by atoms with Crippen LogP contribution in [-0.2, 0) is 0 Å². The van der Waals surface area contributed by atoms with Crippen molar-refractivity contribution in [1.82, 2.24) is 9.97 Å². The lowest BCUT2D eigenvalue weighted by Gasteiger charge is -2.25. The molecule has 0 saturated heterocycles. The molecule has 5 rings (SSSR count). The van der Waals surface area contributed by atoms with E-state index < -0.39 is 0 Å². The summed E-state index contributed by atoms with van der Waals surface area (Å²) in [6.07, 6.45) is 12.2. The van der Waals surface area contributed by atoms with Gasteiger partial charge in [0, 0.05) is 35.6 Å². The summed E-state index contributed by atoms with van der Waals surface area (Å²) in [5.41, 5.74) is 1.80. The summed E-state index contributed by atoms with van der Waals surface area (Å²) >= 11 is 0. The van der Waals surface area contributed by atoms with Crippen LogP contribution in [0.4, 0.5) is 0 Å². The first-order chi connectivity index (χ1) is 14.8. The molecular formula is C26H24N4. The zero-order valence-electron chi connectivity index (χ0n) is 16.9. The Labute approximate surface area is 176 Å². The number of fused-ring (bicyclic) bond motifs is 2. The molecule has 0 aliphatic heterocycles. The van der Waals surface area contributed by atoms with Crippen LogP contribution in [0.1, 0.15) is 37.1 Å². The van der Waals surface area contributed by atoms with Crippen LogP contribution in [-0.4, -0.2) is 34.5 Å². The van der Waals surface area contributed by atoms with Crippen LogP contribution in [0, 0.1) is 0 Å². The van der Waals surface area contributed by atoms with Crippen LogP contribution in [0.2, 0.25) is 0 Å². The Kier molecular flexibility index (Phi) is 5.30. The number of nitrogens with zero attached hydrogens (tertiary/aromatic N) is 4. The van der Waals surface area contributed by atoms with Gasteiger partial charge in [0.1, 0.15) is 0 Å². The number of rotatable bonds is 4. The van der Waals surface area contributed by atoms with Gasteiger partial charge in [-0.15, -0.1) is 0 Å². The monoisotopic (exact) mass is 392 g/mol. The third-order valence-electron chi connectivity index (χ3n) is 5.79. The second-order valence-electron chi connectivity index (χ2n) is 7.89. The topological polar surface area (TPSA) is 50.5 Å². The van der Waals surface area contributed by atoms with Crippen LogP contribution in [0.15, 0.2) is 83.0 Å². The summed E-state index contributed by atoms with van der Waals surface area (Å²) in [4.78, 5) is 18.8. The van der Waals surface area contributed by atoms with E-state index in [1.807, 2.05) is 37.0 Å². The number of aromatic nitrogens is 2. The van der Waals surface area contributed by atoms with Gasteiger partial charge in [-0.3, -0.25) is 20.0 Å². The minimum Gasteiger partial charge on any atom is -0.285 e. The number of aliphatic imine (C=N–C) groups is 2. The number of hydrogen-bond donors (Lipinski definition) is 0. The van der Waals surface area contributed by atoms with Crippen molar-refractivity contribution in [3.63, 3.8) is 0 Å². The maximum Gasteiger partial charge on any atom is 0.0814 e. The molecule has 0 amide bonds. The molecule has 30 heavy (non-hydrogen) atoms. The number of hydrogen-bond acceptors (Lipinski definition) is 4. The third kappa shape index (κ3) is 4.13. The Hall–Kier alpha value is -3.40. The molecule has 2 aromatic carbocycles. The molecule has 4 nitrogen and oxygen atoms in total. The highest BCUT2D eigenvalue weighted by atomic mass is 14.9. The number of pyridine rings is 2. The summed E-state index contributed by atoms with van der Waals surface area (Å²) in [6.45, 7) is 0. The molecule has 2 heterocycles. The minimum atomic E-state index is 0.198. The van der Waals surface area contributed by atoms with E-state index in [2.05, 4.69) is 58.5 Å². The van der Waals surface area contributed by atoms with Gasteiger partial charge < -0.3 is 0 Å². The molecular weight excluding hydrogens is 368 g/mol. The predicted molar refractivity (Wildman–Crippen MR) is 125 cm³/mol. The SMILES string of the molecule is C(=N[C@@H]1CCCC[C@H]1N=Cc1cc2ccccc2cn1)c1cc2ccccc2cn1. The van der Waals surface area contributed by atoms with E-state index >= 15 is 0 Å². The first-order valence-corrected chi connectivity index (χ1v) is 10.6. The van der Waals surface area contributed by atoms with Crippen LogP contribution >= 0.6 is 0 Å². The molecule has 0 bridgehead atoms. The number of benzene rings is 2. The fourth-order valence-electron chi connectivity index (χ4n) is 4.13. The molecule has 2 atom stereocenters. The normalized spacial score (nSPS) is 19.9. The molecule has 0 unspecified atom stereocenters. The lowest BCUT2D eigenvalue weighted by molar-refractivity contribution is 0.390. The molecule has 1 aliphatic rings. The molecule has 1 aliphatic carbocycles. The van der Waals surface area contributed by atoms with E-state index in [9.17, 15) is 0 Å². The lowest BCUT2D eigenvalue weighted by Crippen LogP contribution is -2.27. The van der Waals surface area contributed by atoms with Crippen LogP contribution < -0.4 is 0 Å². The van der Waals surface area contributed by atoms with E-state index in [-0.39, 0.29) is 12.1 Å². The van der Waals surface area contributed by atoms with Crippen molar-refractivity contribution in [2.75, 3.05) is 0 Å². The average molecular weight is 393 g/mol. The Bertz CT molecular complexity index is 1130. The Balaban J connectivity index is 1.34. The van der Waals surface area contributed by atoms with E-state index in [0.29, 0.717) is 0 Å². The predicted octanol–water partition coefficient (Wildman–Crippen LogP) is 5.63. The second-order valence-corrected chi connectivity index (χ2v) is 7.89. The smallest absolute Gasteiger partial charge is 0.0814 e. The highest BCUT2D eigenvalue weighted by Crippen LogP contribution is 2.24. The van der Waals surface area contributed by atoms with Gasteiger partial charge in [-0.2, -0.15) is 0 Å². The highest BCUT2D eigenvalue weighted by Gasteiger charge is 2.23. The van der Waals surface area contributed by atoms with Gasteiger partial charge in [0.25, 0.3) is 0 Å². The quantitative estimate of drug-likeness (QED) is 0.423. The van der Waals surface area contributed by atoms with Gasteiger partial charge in [0.15, 0.2) is 0 Å². The van der Waals surface area contributed by atoms with Gasteiger partial charge >= 0.3 is 0 Å². The van der Waals surface area contributed by atoms with Crippen molar-refractivity contribution in [3.05, 3.63) is 84.4 Å². The maximum absolute atomic E-state index is 4.88. The Morgan fingerprint density at radius 1 is 0.633 bits per heavy atom. The molecule has 0 radical (unpaired) electrons. The van der Waals surface area contributed by atoms with E-state index in [4.69, 9.17) is 9.98 Å². The Morgan fingerprint density at radius 2 is 1.07 bits per heavy atom. The van der Waals surface area contributed by atoms with Crippen LogP contribution in [0.3, 0.4) is 0 Å². The molecule has 1 fully saturated rings. The highest BCUT2D eigenvalue weighted by molar-refractivity contribution is 5.89. The van der Waals surface area contributed by atoms with Crippen molar-refractivity contribution >= 4 is 34.0 Å². The minimum absolute atomic E-state index is 0.198. The molecule has 0 N–H and O–H groups in total. The van der Waals surface area contributed by atoms with Gasteiger partial charge in [-0.05, 0) is 35.7 Å². The second kappa shape index (κ2) is 8.54. The van der Waals surface area contributed by atoms with Crippen molar-refractivity contribution in [2.24, 2.45) is 9.98 Å². The van der Waals surface area contributed by atoms with E-state index in [1.165, 1.54) is 23.6 Å². The fraction of sp³-hybridized carbons (Fsp3) is 0.231. The first kappa shape index (κ1) is 18.6. The summed E-state index contributed by atoms with van der Waals surface area (Å²) in [5, 5.41) is 4.68. The fourth-order valence-corrected chi connectivity index (χ4v) is 4.13. The van der Waals surface area contributed by atoms with E-state index in [1.54, 1.807) is 0 Å². The standard InChI is InChI=1S/C26H24N4/c1-3-9-21-15-27-23(13-19(21)7-1)17-29-25-11-5-6-12-26(25)30-18-24-14-20-8-2-4-10-22(20)16-28-24/h1-4,7-10,13-18,25-26H,5-6,11-12H2/t25-,26-/m1/s1. The Morgan fingerprint density at radius 3 is 1.53 bits per heavy atom. The van der Waals surface area contributed by atoms with Crippen molar-refractivity contribution in [3.8, 4) is 0 Å². The lowest BCUT2D eigenvalue weighted by atomic mass is 9.91. The van der Waals surface area contributed by atoms with Crippen molar-refractivity contribution < 1.29 is 0 Å². The van der Waals surface area contributed by atoms with E-state index in [0.717, 1.165) is 35.0 Å². The molecule has 4 heteroatoms. The van der Waals surface area contributed by atoms with Crippen LogP contribution in [0.25, 0.3) is 21.5 Å². The summed E-state index contributed by atoms with van der Waals surface area (Å²) < 4.78 is 0. The maximum atomic E-state index is 4.88. The van der Waals surface area contributed by atoms with Gasteiger partial charge in [-0.25, -0.2) is 0 Å². The average Bonchev–Trinajstić information content (AvgIpc) is 2.81. The molecule has 1 saturated carbocycles. The zero-order chi connectivity index (χ0) is 20.2. The third-order valence-corrected chi connectivity index (χ3v) is 5.79. The summed E-state index contributed by atoms with van der Waals surface area (Å²) in [5.74, 6) is 0. The summed E-state index contributed by atoms with van der Waals surface area (Å²) in [6, 6.07) is 21.1. The summed E-state index contributed by atoms with van der Waals surface area (Å²) in [7, 11) is 0. The first-order valence-electron chi connectivity index (χ1n) is 10.6. The molecule has 2 aromatic heterocycles. The van der Waals surface area contributed by atoms with Gasteiger partial charge in [0.05, 0.1) is 23.5 Å². The van der Waals surface area contributed by atoms with Crippen LogP contribution in [0.5, 0.6) is 0 Å². The van der Waals surface area contributed by atoms with Crippen molar-refractivity contribution in [2.45, 2.75) is 37.8 Å². The molecule has 0 spiro atoms. The van der Waals surface area contributed by atoms with Crippen molar-refractivity contribution in [1.29, 1.82) is 0 Å². The molecule has 4 aromatic rings. The van der Waals surface area contributed by atoms with Gasteiger partial charge in [0.2, 0.25) is 0 Å².